The molecule has 2 aliphatic rings. The highest BCUT2D eigenvalue weighted by Gasteiger charge is 2.37. The standard InChI is InChI=1S/C19H21N3O3/c1-12-5-2-3-7-15(12)22-16-8-4-6-14(16)18(20-22)19(25)21(11-17(23)24)13-9-10-13/h2-3,5,7,13H,4,6,8-11H2,1H3,(H,23,24). The number of rotatable bonds is 5. The Balaban J connectivity index is 1.76. The summed E-state index contributed by atoms with van der Waals surface area (Å²) in [5.74, 6) is -1.22. The van der Waals surface area contributed by atoms with Crippen molar-refractivity contribution < 1.29 is 14.7 Å². The predicted octanol–water partition coefficient (Wildman–Crippen LogP) is 2.36. The smallest absolute Gasteiger partial charge is 0.323 e. The zero-order chi connectivity index (χ0) is 17.6. The average molecular weight is 339 g/mol. The Labute approximate surface area is 146 Å². The van der Waals surface area contributed by atoms with E-state index < -0.39 is 5.97 Å². The van der Waals surface area contributed by atoms with Crippen molar-refractivity contribution in [2.45, 2.75) is 45.1 Å². The lowest BCUT2D eigenvalue weighted by molar-refractivity contribution is -0.137. The van der Waals surface area contributed by atoms with Crippen LogP contribution in [0.2, 0.25) is 0 Å². The molecule has 2 aromatic rings. The van der Waals surface area contributed by atoms with Gasteiger partial charge in [-0.05, 0) is 50.7 Å². The molecule has 1 amide bonds. The fourth-order valence-corrected chi connectivity index (χ4v) is 3.64. The number of nitrogens with zero attached hydrogens (tertiary/aromatic N) is 3. The number of para-hydroxylation sites is 1. The van der Waals surface area contributed by atoms with Crippen LogP contribution < -0.4 is 0 Å². The first kappa shape index (κ1) is 15.9. The number of carboxylic acid groups (broad SMARTS) is 1. The molecule has 0 unspecified atom stereocenters. The van der Waals surface area contributed by atoms with Crippen LogP contribution in [0.4, 0.5) is 0 Å². The molecule has 1 aromatic heterocycles. The molecule has 1 N–H and O–H groups in total. The number of fused-ring (bicyclic) bond motifs is 1. The monoisotopic (exact) mass is 339 g/mol. The van der Waals surface area contributed by atoms with Gasteiger partial charge in [-0.1, -0.05) is 18.2 Å². The van der Waals surface area contributed by atoms with Crippen LogP contribution in [0.15, 0.2) is 24.3 Å². The van der Waals surface area contributed by atoms with Gasteiger partial charge < -0.3 is 10.0 Å². The number of aliphatic carboxylic acids is 1. The van der Waals surface area contributed by atoms with Crippen LogP contribution in [0, 0.1) is 6.92 Å². The van der Waals surface area contributed by atoms with Crippen LogP contribution in [0.3, 0.4) is 0 Å². The molecule has 25 heavy (non-hydrogen) atoms. The van der Waals surface area contributed by atoms with E-state index in [1.165, 1.54) is 4.90 Å². The van der Waals surface area contributed by atoms with Crippen molar-refractivity contribution in [1.82, 2.24) is 14.7 Å². The third-order valence-electron chi connectivity index (χ3n) is 5.03. The fraction of sp³-hybridized carbons (Fsp3) is 0.421. The van der Waals surface area contributed by atoms with Gasteiger partial charge in [-0.25, -0.2) is 4.68 Å². The maximum Gasteiger partial charge on any atom is 0.323 e. The average Bonchev–Trinajstić information content (AvgIpc) is 3.19. The van der Waals surface area contributed by atoms with Gasteiger partial charge in [0, 0.05) is 17.3 Å². The number of benzene rings is 1. The topological polar surface area (TPSA) is 75.4 Å². The van der Waals surface area contributed by atoms with Gasteiger partial charge in [0.1, 0.15) is 6.54 Å². The first-order valence-corrected chi connectivity index (χ1v) is 8.76. The fourth-order valence-electron chi connectivity index (χ4n) is 3.64. The molecule has 0 atom stereocenters. The highest BCUT2D eigenvalue weighted by atomic mass is 16.4. The van der Waals surface area contributed by atoms with Gasteiger partial charge in [0.15, 0.2) is 5.69 Å². The third kappa shape index (κ3) is 2.81. The van der Waals surface area contributed by atoms with Gasteiger partial charge in [0.25, 0.3) is 5.91 Å². The van der Waals surface area contributed by atoms with Crippen molar-refractivity contribution >= 4 is 11.9 Å². The Bertz CT molecular complexity index is 852. The summed E-state index contributed by atoms with van der Waals surface area (Å²) < 4.78 is 1.89. The minimum atomic E-state index is -0.977. The van der Waals surface area contributed by atoms with Crippen molar-refractivity contribution in [3.8, 4) is 5.69 Å². The predicted molar refractivity (Wildman–Crippen MR) is 92.0 cm³/mol. The maximum absolute atomic E-state index is 13.0. The summed E-state index contributed by atoms with van der Waals surface area (Å²) in [5, 5.41) is 13.8. The summed E-state index contributed by atoms with van der Waals surface area (Å²) in [6.45, 7) is 1.77. The van der Waals surface area contributed by atoms with Gasteiger partial charge in [0.05, 0.1) is 5.69 Å². The molecule has 0 spiro atoms. The van der Waals surface area contributed by atoms with Gasteiger partial charge in [0.2, 0.25) is 0 Å². The molecular weight excluding hydrogens is 318 g/mol. The molecule has 1 heterocycles. The lowest BCUT2D eigenvalue weighted by Crippen LogP contribution is -2.38. The van der Waals surface area contributed by atoms with Crippen LogP contribution in [0.1, 0.15) is 46.6 Å². The first-order chi connectivity index (χ1) is 12.1. The lowest BCUT2D eigenvalue weighted by atomic mass is 10.1. The number of amides is 1. The van der Waals surface area contributed by atoms with E-state index >= 15 is 0 Å². The maximum atomic E-state index is 13.0. The summed E-state index contributed by atoms with van der Waals surface area (Å²) in [7, 11) is 0. The van der Waals surface area contributed by atoms with E-state index in [0.29, 0.717) is 5.69 Å². The second-order valence-electron chi connectivity index (χ2n) is 6.88. The summed E-state index contributed by atoms with van der Waals surface area (Å²) in [4.78, 5) is 25.7. The minimum Gasteiger partial charge on any atom is -0.480 e. The Morgan fingerprint density at radius 2 is 2.04 bits per heavy atom. The lowest BCUT2D eigenvalue weighted by Gasteiger charge is -2.19. The SMILES string of the molecule is Cc1ccccc1-n1nc(C(=O)N(CC(=O)O)C2CC2)c2c1CCC2. The minimum absolute atomic E-state index is 0.0456. The van der Waals surface area contributed by atoms with Gasteiger partial charge in [-0.3, -0.25) is 9.59 Å². The molecule has 4 rings (SSSR count). The summed E-state index contributed by atoms with van der Waals surface area (Å²) >= 11 is 0. The van der Waals surface area contributed by atoms with Crippen LogP contribution >= 0.6 is 0 Å². The van der Waals surface area contributed by atoms with Crippen molar-refractivity contribution in [3.05, 3.63) is 46.8 Å². The molecule has 0 radical (unpaired) electrons. The molecule has 130 valence electrons. The number of carbonyl (C=O) groups excluding carboxylic acids is 1. The number of carbonyl (C=O) groups is 2. The largest absolute Gasteiger partial charge is 0.480 e. The molecule has 0 bridgehead atoms. The van der Waals surface area contributed by atoms with E-state index in [1.807, 2.05) is 35.9 Å². The Morgan fingerprint density at radius 1 is 1.28 bits per heavy atom. The van der Waals surface area contributed by atoms with Crippen LogP contribution in [0.5, 0.6) is 0 Å². The van der Waals surface area contributed by atoms with Gasteiger partial charge in [-0.15, -0.1) is 0 Å². The molecule has 0 saturated heterocycles. The van der Waals surface area contributed by atoms with Crippen molar-refractivity contribution in [2.75, 3.05) is 6.54 Å². The molecule has 1 fully saturated rings. The van der Waals surface area contributed by atoms with Crippen molar-refractivity contribution in [3.63, 3.8) is 0 Å². The van der Waals surface area contributed by atoms with Crippen molar-refractivity contribution in [1.29, 1.82) is 0 Å². The van der Waals surface area contributed by atoms with E-state index in [9.17, 15) is 9.59 Å². The number of aryl methyl sites for hydroxylation is 1. The number of aromatic nitrogens is 2. The van der Waals surface area contributed by atoms with Crippen LogP contribution in [-0.4, -0.2) is 44.3 Å². The Morgan fingerprint density at radius 3 is 2.72 bits per heavy atom. The molecule has 2 aliphatic carbocycles. The van der Waals surface area contributed by atoms with Gasteiger partial charge in [-0.2, -0.15) is 5.10 Å². The van der Waals surface area contributed by atoms with E-state index in [-0.39, 0.29) is 18.5 Å². The summed E-state index contributed by atoms with van der Waals surface area (Å²) in [6.07, 6.45) is 4.47. The van der Waals surface area contributed by atoms with Crippen LogP contribution in [0.25, 0.3) is 5.69 Å². The zero-order valence-electron chi connectivity index (χ0n) is 14.2. The number of hydrogen-bond acceptors (Lipinski definition) is 3. The van der Waals surface area contributed by atoms with Gasteiger partial charge >= 0.3 is 5.97 Å². The molecule has 6 nitrogen and oxygen atoms in total. The molecule has 1 aromatic carbocycles. The molecule has 0 aliphatic heterocycles. The Kier molecular flexibility index (Phi) is 3.82. The normalized spacial score (nSPS) is 15.9. The van der Waals surface area contributed by atoms with E-state index in [4.69, 9.17) is 5.11 Å². The third-order valence-corrected chi connectivity index (χ3v) is 5.03. The second-order valence-corrected chi connectivity index (χ2v) is 6.88. The zero-order valence-corrected chi connectivity index (χ0v) is 14.2. The quantitative estimate of drug-likeness (QED) is 0.907. The molecule has 1 saturated carbocycles. The molecular formula is C19H21N3O3. The Hall–Kier alpha value is -2.63. The van der Waals surface area contributed by atoms with E-state index in [0.717, 1.165) is 54.6 Å². The first-order valence-electron chi connectivity index (χ1n) is 8.76. The van der Waals surface area contributed by atoms with E-state index in [2.05, 4.69) is 5.10 Å². The van der Waals surface area contributed by atoms with Crippen LogP contribution in [-0.2, 0) is 17.6 Å². The van der Waals surface area contributed by atoms with E-state index in [1.54, 1.807) is 0 Å². The summed E-state index contributed by atoms with van der Waals surface area (Å²) in [6, 6.07) is 8.03. The van der Waals surface area contributed by atoms with Crippen molar-refractivity contribution in [2.24, 2.45) is 0 Å². The number of carboxylic acids is 1. The summed E-state index contributed by atoms with van der Waals surface area (Å²) in [5.41, 5.74) is 4.59. The highest BCUT2D eigenvalue weighted by Crippen LogP contribution is 2.32. The molecule has 6 heteroatoms. The highest BCUT2D eigenvalue weighted by molar-refractivity contribution is 5.96. The second kappa shape index (κ2) is 6.02. The number of hydrogen-bond donors (Lipinski definition) is 1.